The molecule has 186 valence electrons. The van der Waals surface area contributed by atoms with E-state index in [0.29, 0.717) is 33.5 Å². The van der Waals surface area contributed by atoms with Gasteiger partial charge in [0.1, 0.15) is 5.75 Å². The van der Waals surface area contributed by atoms with E-state index >= 15 is 0 Å². The van der Waals surface area contributed by atoms with E-state index in [1.165, 1.54) is 11.8 Å². The molecule has 5 aromatic rings. The lowest BCUT2D eigenvalue weighted by molar-refractivity contribution is -0.115. The fourth-order valence-electron chi connectivity index (χ4n) is 3.72. The quantitative estimate of drug-likeness (QED) is 0.172. The number of ether oxygens (including phenoxy) is 1. The summed E-state index contributed by atoms with van der Waals surface area (Å²) in [6, 6.07) is 22.1. The first-order valence-corrected chi connectivity index (χ1v) is 12.7. The third-order valence-electron chi connectivity index (χ3n) is 5.39. The maximum atomic E-state index is 12.6. The van der Waals surface area contributed by atoms with Crippen LogP contribution in [0.2, 0.25) is 5.02 Å². The number of aromatic nitrogens is 4. The van der Waals surface area contributed by atoms with Crippen LogP contribution in [-0.2, 0) is 4.79 Å². The van der Waals surface area contributed by atoms with E-state index in [9.17, 15) is 9.90 Å². The predicted octanol–water partition coefficient (Wildman–Crippen LogP) is 6.58. The number of aromatic amines is 1. The van der Waals surface area contributed by atoms with Crippen molar-refractivity contribution < 1.29 is 14.6 Å². The molecule has 9 nitrogen and oxygen atoms in total. The van der Waals surface area contributed by atoms with Crippen LogP contribution in [0.5, 0.6) is 11.6 Å². The highest BCUT2D eigenvalue weighted by atomic mass is 35.5. The number of para-hydroxylation sites is 1. The molecule has 0 saturated carbocycles. The normalized spacial score (nSPS) is 11.4. The van der Waals surface area contributed by atoms with E-state index in [-0.39, 0.29) is 17.3 Å². The van der Waals surface area contributed by atoms with Gasteiger partial charge in [-0.3, -0.25) is 9.36 Å². The summed E-state index contributed by atoms with van der Waals surface area (Å²) < 4.78 is 7.42. The molecule has 1 amide bonds. The SMILES string of the molecule is CCOc1ccc(-n2c(SCC(=O)N=Nc3c(O)[nH]c4ccccc34)nnc2-c2ccc(Cl)cc2)cc1. The van der Waals surface area contributed by atoms with Gasteiger partial charge in [-0.25, -0.2) is 0 Å². The van der Waals surface area contributed by atoms with Crippen LogP contribution >= 0.6 is 23.4 Å². The average Bonchev–Trinajstić information content (AvgIpc) is 3.47. The van der Waals surface area contributed by atoms with Crippen molar-refractivity contribution in [2.24, 2.45) is 10.2 Å². The van der Waals surface area contributed by atoms with Crippen molar-refractivity contribution in [3.05, 3.63) is 77.8 Å². The van der Waals surface area contributed by atoms with Crippen LogP contribution in [-0.4, -0.2) is 43.1 Å². The summed E-state index contributed by atoms with van der Waals surface area (Å²) in [4.78, 5) is 15.4. The molecule has 2 heterocycles. The second-order valence-corrected chi connectivity index (χ2v) is 9.20. The minimum atomic E-state index is -0.482. The Bertz CT molecular complexity index is 1580. The molecule has 5 rings (SSSR count). The van der Waals surface area contributed by atoms with Gasteiger partial charge in [-0.1, -0.05) is 41.6 Å². The second kappa shape index (κ2) is 10.9. The standard InChI is InChI=1S/C26H21ClN6O3S/c1-2-36-19-13-11-18(12-14-19)33-24(16-7-9-17(27)10-8-16)31-32-26(33)37-15-22(34)29-30-23-20-5-3-4-6-21(20)28-25(23)35/h3-14,28,35H,2,15H2,1H3. The molecule has 0 bridgehead atoms. The zero-order chi connectivity index (χ0) is 25.8. The Balaban J connectivity index is 1.40. The molecular weight excluding hydrogens is 512 g/mol. The molecule has 2 N–H and O–H groups in total. The summed E-state index contributed by atoms with van der Waals surface area (Å²) in [5, 5.41) is 28.4. The minimum absolute atomic E-state index is 0.0254. The first-order valence-electron chi connectivity index (χ1n) is 11.3. The summed E-state index contributed by atoms with van der Waals surface area (Å²) in [5.41, 5.74) is 2.54. The van der Waals surface area contributed by atoms with Gasteiger partial charge in [-0.2, -0.15) is 0 Å². The van der Waals surface area contributed by atoms with Crippen LogP contribution in [0, 0.1) is 0 Å². The molecule has 0 aliphatic rings. The van der Waals surface area contributed by atoms with Crippen LogP contribution in [0.3, 0.4) is 0 Å². The maximum absolute atomic E-state index is 12.6. The Morgan fingerprint density at radius 1 is 1.08 bits per heavy atom. The number of nitrogens with zero attached hydrogens (tertiary/aromatic N) is 5. The zero-order valence-corrected chi connectivity index (χ0v) is 21.2. The smallest absolute Gasteiger partial charge is 0.275 e. The van der Waals surface area contributed by atoms with Gasteiger partial charge in [-0.05, 0) is 61.5 Å². The number of hydrogen-bond acceptors (Lipinski definition) is 7. The molecule has 0 aliphatic heterocycles. The van der Waals surface area contributed by atoms with E-state index in [2.05, 4.69) is 25.4 Å². The monoisotopic (exact) mass is 532 g/mol. The molecular formula is C26H21ClN6O3S. The van der Waals surface area contributed by atoms with Crippen LogP contribution in [0.1, 0.15) is 6.92 Å². The Hall–Kier alpha value is -4.15. The van der Waals surface area contributed by atoms with Crippen LogP contribution in [0.25, 0.3) is 28.0 Å². The lowest BCUT2D eigenvalue weighted by Gasteiger charge is -2.11. The summed E-state index contributed by atoms with van der Waals surface area (Å²) in [6.45, 7) is 2.49. The Labute approximate surface area is 221 Å². The van der Waals surface area contributed by atoms with Crippen LogP contribution in [0.4, 0.5) is 5.69 Å². The fraction of sp³-hybridized carbons (Fsp3) is 0.115. The summed E-state index contributed by atoms with van der Waals surface area (Å²) in [6.07, 6.45) is 0. The van der Waals surface area contributed by atoms with Gasteiger partial charge in [0.25, 0.3) is 5.91 Å². The maximum Gasteiger partial charge on any atom is 0.275 e. The van der Waals surface area contributed by atoms with Crippen molar-refractivity contribution in [3.8, 4) is 28.7 Å². The molecule has 0 radical (unpaired) electrons. The van der Waals surface area contributed by atoms with Crippen LogP contribution < -0.4 is 4.74 Å². The topological polar surface area (TPSA) is 118 Å². The number of fused-ring (bicyclic) bond motifs is 1. The number of halogens is 1. The predicted molar refractivity (Wildman–Crippen MR) is 143 cm³/mol. The van der Waals surface area contributed by atoms with Crippen molar-refractivity contribution in [1.29, 1.82) is 0 Å². The molecule has 0 unspecified atom stereocenters. The fourth-order valence-corrected chi connectivity index (χ4v) is 4.57. The molecule has 11 heteroatoms. The summed E-state index contributed by atoms with van der Waals surface area (Å²) in [5.74, 6) is 0.693. The average molecular weight is 533 g/mol. The van der Waals surface area contributed by atoms with Gasteiger partial charge >= 0.3 is 0 Å². The highest BCUT2D eigenvalue weighted by molar-refractivity contribution is 7.99. The molecule has 0 spiro atoms. The van der Waals surface area contributed by atoms with E-state index in [1.54, 1.807) is 24.3 Å². The van der Waals surface area contributed by atoms with Gasteiger partial charge in [-0.15, -0.1) is 20.4 Å². The number of carbonyl (C=O) groups is 1. The third-order valence-corrected chi connectivity index (χ3v) is 6.55. The van der Waals surface area contributed by atoms with E-state index < -0.39 is 5.91 Å². The molecule has 2 aromatic heterocycles. The molecule has 0 fully saturated rings. The van der Waals surface area contributed by atoms with E-state index in [1.807, 2.05) is 60.0 Å². The van der Waals surface area contributed by atoms with Crippen molar-refractivity contribution in [3.63, 3.8) is 0 Å². The number of hydrogen-bond donors (Lipinski definition) is 2. The highest BCUT2D eigenvalue weighted by Gasteiger charge is 2.18. The number of benzene rings is 3. The Morgan fingerprint density at radius 2 is 1.84 bits per heavy atom. The number of carbonyl (C=O) groups excluding carboxylic acids is 1. The van der Waals surface area contributed by atoms with Crippen LogP contribution in [0.15, 0.2) is 88.2 Å². The largest absolute Gasteiger partial charge is 0.494 e. The number of thioether (sulfide) groups is 1. The lowest BCUT2D eigenvalue weighted by Crippen LogP contribution is -2.02. The highest BCUT2D eigenvalue weighted by Crippen LogP contribution is 2.35. The number of azo groups is 1. The number of H-pyrrole nitrogens is 1. The summed E-state index contributed by atoms with van der Waals surface area (Å²) in [7, 11) is 0. The van der Waals surface area contributed by atoms with Gasteiger partial charge in [0.05, 0.1) is 17.9 Å². The molecule has 0 saturated heterocycles. The number of amides is 1. The second-order valence-electron chi connectivity index (χ2n) is 7.83. The number of nitrogens with one attached hydrogen (secondary N) is 1. The van der Waals surface area contributed by atoms with Gasteiger partial charge in [0.15, 0.2) is 16.7 Å². The Morgan fingerprint density at radius 3 is 2.59 bits per heavy atom. The van der Waals surface area contributed by atoms with Gasteiger partial charge in [0.2, 0.25) is 5.88 Å². The number of aromatic hydroxyl groups is 1. The van der Waals surface area contributed by atoms with Gasteiger partial charge < -0.3 is 14.8 Å². The lowest BCUT2D eigenvalue weighted by atomic mass is 10.2. The van der Waals surface area contributed by atoms with E-state index in [0.717, 1.165) is 17.0 Å². The van der Waals surface area contributed by atoms with Crippen molar-refractivity contribution >= 4 is 45.9 Å². The minimum Gasteiger partial charge on any atom is -0.494 e. The number of rotatable bonds is 8. The van der Waals surface area contributed by atoms with Crippen molar-refractivity contribution in [1.82, 2.24) is 19.7 Å². The molecule has 0 aliphatic carbocycles. The molecule has 0 atom stereocenters. The summed E-state index contributed by atoms with van der Waals surface area (Å²) >= 11 is 7.25. The van der Waals surface area contributed by atoms with Crippen molar-refractivity contribution in [2.45, 2.75) is 12.1 Å². The zero-order valence-electron chi connectivity index (χ0n) is 19.6. The van der Waals surface area contributed by atoms with Gasteiger partial charge in [0, 0.05) is 21.7 Å². The Kier molecular flexibility index (Phi) is 7.20. The first-order chi connectivity index (χ1) is 18.0. The first kappa shape index (κ1) is 24.5. The molecule has 3 aromatic carbocycles. The van der Waals surface area contributed by atoms with Crippen molar-refractivity contribution in [2.75, 3.05) is 12.4 Å². The molecule has 37 heavy (non-hydrogen) atoms. The third kappa shape index (κ3) is 5.35. The van der Waals surface area contributed by atoms with E-state index in [4.69, 9.17) is 16.3 Å².